The summed E-state index contributed by atoms with van der Waals surface area (Å²) in [6.45, 7) is 16.3. The molecule has 20 heavy (non-hydrogen) atoms. The van der Waals surface area contributed by atoms with E-state index in [0.29, 0.717) is 12.0 Å². The quantitative estimate of drug-likeness (QED) is 0.583. The lowest BCUT2D eigenvalue weighted by Crippen LogP contribution is -2.18. The Morgan fingerprint density at radius 3 is 2.00 bits per heavy atom. The van der Waals surface area contributed by atoms with Gasteiger partial charge in [-0.25, -0.2) is 0 Å². The Kier molecular flexibility index (Phi) is 3.00. The molecule has 0 N–H and O–H groups in total. The van der Waals surface area contributed by atoms with E-state index in [0.717, 1.165) is 0 Å². The number of hydrogen-bond donors (Lipinski definition) is 0. The highest BCUT2D eigenvalue weighted by molar-refractivity contribution is 5.93. The van der Waals surface area contributed by atoms with Gasteiger partial charge in [0, 0.05) is 17.1 Å². The van der Waals surface area contributed by atoms with E-state index in [-0.39, 0.29) is 0 Å². The van der Waals surface area contributed by atoms with Gasteiger partial charge >= 0.3 is 0 Å². The first-order valence-electron chi connectivity index (χ1n) is 7.97. The first-order valence-corrected chi connectivity index (χ1v) is 7.97. The van der Waals surface area contributed by atoms with Crippen LogP contribution in [0.25, 0.3) is 10.9 Å². The highest BCUT2D eigenvalue weighted by atomic mass is 15.0. The Hall–Kier alpha value is -1.24. The molecule has 0 bridgehead atoms. The molecule has 1 nitrogen and oxygen atoms in total. The smallest absolute Gasteiger partial charge is 0.0523 e. The lowest BCUT2D eigenvalue weighted by Gasteiger charge is -2.29. The first kappa shape index (κ1) is 13.7. The summed E-state index contributed by atoms with van der Waals surface area (Å²) in [4.78, 5) is 0. The van der Waals surface area contributed by atoms with Gasteiger partial charge in [-0.1, -0.05) is 6.92 Å². The van der Waals surface area contributed by atoms with Gasteiger partial charge in [0.05, 0.1) is 5.52 Å². The number of aryl methyl sites for hydroxylation is 3. The molecule has 108 valence electrons. The maximum atomic E-state index is 2.66. The second-order valence-corrected chi connectivity index (χ2v) is 6.93. The number of rotatable bonds is 0. The van der Waals surface area contributed by atoms with Crippen molar-refractivity contribution >= 4 is 10.9 Å². The van der Waals surface area contributed by atoms with Crippen molar-refractivity contribution < 1.29 is 0 Å². The zero-order valence-electron chi connectivity index (χ0n) is 14.0. The molecule has 1 heteroatoms. The predicted octanol–water partition coefficient (Wildman–Crippen LogP) is 5.64. The van der Waals surface area contributed by atoms with E-state index in [1.165, 1.54) is 51.6 Å². The number of hydrogen-bond acceptors (Lipinski definition) is 0. The Morgan fingerprint density at radius 2 is 1.35 bits per heavy atom. The lowest BCUT2D eigenvalue weighted by molar-refractivity contribution is 0.403. The zero-order chi connectivity index (χ0) is 14.8. The Morgan fingerprint density at radius 1 is 0.750 bits per heavy atom. The van der Waals surface area contributed by atoms with Gasteiger partial charge < -0.3 is 4.57 Å². The molecule has 0 saturated heterocycles. The Bertz CT molecular complexity index is 703. The van der Waals surface area contributed by atoms with Crippen molar-refractivity contribution in [2.24, 2.45) is 0 Å². The van der Waals surface area contributed by atoms with Crippen LogP contribution in [0.5, 0.6) is 0 Å². The molecule has 2 heterocycles. The van der Waals surface area contributed by atoms with Crippen LogP contribution in [0.1, 0.15) is 72.2 Å². The molecular formula is C19H27N. The fourth-order valence-corrected chi connectivity index (χ4v) is 4.30. The van der Waals surface area contributed by atoms with Crippen LogP contribution in [0.2, 0.25) is 0 Å². The maximum absolute atomic E-state index is 2.66. The van der Waals surface area contributed by atoms with Crippen LogP contribution in [0, 0.1) is 34.6 Å². The van der Waals surface area contributed by atoms with E-state index in [2.05, 4.69) is 53.0 Å². The van der Waals surface area contributed by atoms with Crippen molar-refractivity contribution in [3.05, 3.63) is 33.5 Å². The molecule has 2 atom stereocenters. The molecule has 0 fully saturated rings. The van der Waals surface area contributed by atoms with Crippen molar-refractivity contribution in [3.63, 3.8) is 0 Å². The molecule has 0 amide bonds. The van der Waals surface area contributed by atoms with Crippen LogP contribution in [0.15, 0.2) is 0 Å². The van der Waals surface area contributed by atoms with E-state index in [1.54, 1.807) is 5.69 Å². The maximum Gasteiger partial charge on any atom is 0.0523 e. The van der Waals surface area contributed by atoms with Crippen LogP contribution in [0.4, 0.5) is 0 Å². The second kappa shape index (κ2) is 4.38. The molecule has 0 radical (unpaired) electrons. The van der Waals surface area contributed by atoms with E-state index in [1.807, 2.05) is 0 Å². The predicted molar refractivity (Wildman–Crippen MR) is 88.0 cm³/mol. The van der Waals surface area contributed by atoms with Crippen LogP contribution in [-0.4, -0.2) is 4.57 Å². The Labute approximate surface area is 123 Å². The van der Waals surface area contributed by atoms with Gasteiger partial charge in [0.15, 0.2) is 0 Å². The van der Waals surface area contributed by atoms with E-state index < -0.39 is 0 Å². The molecule has 1 aromatic heterocycles. The molecule has 1 aromatic carbocycles. The molecule has 0 spiro atoms. The summed E-state index contributed by atoms with van der Waals surface area (Å²) in [5, 5.41) is 1.53. The highest BCUT2D eigenvalue weighted by Gasteiger charge is 2.29. The van der Waals surface area contributed by atoms with Crippen molar-refractivity contribution in [1.29, 1.82) is 0 Å². The normalized spacial score (nSPS) is 22.4. The Balaban J connectivity index is 2.56. The number of fused-ring (bicyclic) bond motifs is 3. The summed E-state index contributed by atoms with van der Waals surface area (Å²) >= 11 is 0. The topological polar surface area (TPSA) is 4.93 Å². The number of benzene rings is 1. The lowest BCUT2D eigenvalue weighted by atomic mass is 9.91. The minimum absolute atomic E-state index is 0.637. The van der Waals surface area contributed by atoms with E-state index in [4.69, 9.17) is 0 Å². The van der Waals surface area contributed by atoms with Crippen LogP contribution >= 0.6 is 0 Å². The molecule has 1 aliphatic heterocycles. The largest absolute Gasteiger partial charge is 0.341 e. The first-order chi connectivity index (χ1) is 9.36. The summed E-state index contributed by atoms with van der Waals surface area (Å²) in [7, 11) is 0. The van der Waals surface area contributed by atoms with Gasteiger partial charge in [0.2, 0.25) is 0 Å². The average Bonchev–Trinajstić information content (AvgIpc) is 2.73. The van der Waals surface area contributed by atoms with Gasteiger partial charge in [-0.05, 0) is 88.1 Å². The van der Waals surface area contributed by atoms with Crippen LogP contribution < -0.4 is 0 Å². The fourth-order valence-electron chi connectivity index (χ4n) is 4.30. The van der Waals surface area contributed by atoms with Crippen molar-refractivity contribution in [3.8, 4) is 0 Å². The van der Waals surface area contributed by atoms with E-state index in [9.17, 15) is 0 Å². The van der Waals surface area contributed by atoms with Gasteiger partial charge in [-0.15, -0.1) is 0 Å². The van der Waals surface area contributed by atoms with Crippen molar-refractivity contribution in [1.82, 2.24) is 4.57 Å². The standard InChI is InChI=1S/C19H27N/c1-10-8-9-11(2)20-18(10)16(7)17-14(5)12(3)13(4)15(6)19(17)20/h10-11H,8-9H2,1-7H3. The van der Waals surface area contributed by atoms with Crippen LogP contribution in [-0.2, 0) is 0 Å². The fraction of sp³-hybridized carbons (Fsp3) is 0.579. The molecule has 2 aromatic rings. The zero-order valence-corrected chi connectivity index (χ0v) is 14.0. The second-order valence-electron chi connectivity index (χ2n) is 6.93. The molecule has 0 aliphatic carbocycles. The molecule has 1 aliphatic rings. The van der Waals surface area contributed by atoms with Crippen molar-refractivity contribution in [2.75, 3.05) is 0 Å². The monoisotopic (exact) mass is 269 g/mol. The van der Waals surface area contributed by atoms with Gasteiger partial charge in [-0.3, -0.25) is 0 Å². The number of nitrogens with zero attached hydrogens (tertiary/aromatic N) is 1. The molecular weight excluding hydrogens is 242 g/mol. The van der Waals surface area contributed by atoms with E-state index >= 15 is 0 Å². The third-order valence-electron chi connectivity index (χ3n) is 5.84. The molecule has 0 saturated carbocycles. The van der Waals surface area contributed by atoms with Crippen LogP contribution in [0.3, 0.4) is 0 Å². The summed E-state index contributed by atoms with van der Waals surface area (Å²) in [6.07, 6.45) is 2.64. The summed E-state index contributed by atoms with van der Waals surface area (Å²) in [6, 6.07) is 0.637. The third kappa shape index (κ3) is 1.55. The highest BCUT2D eigenvalue weighted by Crippen LogP contribution is 2.44. The summed E-state index contributed by atoms with van der Waals surface area (Å²) in [5.41, 5.74) is 10.6. The number of aromatic nitrogens is 1. The van der Waals surface area contributed by atoms with Crippen molar-refractivity contribution in [2.45, 2.75) is 73.3 Å². The molecule has 3 rings (SSSR count). The third-order valence-corrected chi connectivity index (χ3v) is 5.84. The summed E-state index contributed by atoms with van der Waals surface area (Å²) in [5.74, 6) is 0.693. The summed E-state index contributed by atoms with van der Waals surface area (Å²) < 4.78 is 2.66. The average molecular weight is 269 g/mol. The van der Waals surface area contributed by atoms with Gasteiger partial charge in [0.25, 0.3) is 0 Å². The minimum Gasteiger partial charge on any atom is -0.341 e. The minimum atomic E-state index is 0.637. The van der Waals surface area contributed by atoms with Gasteiger partial charge in [-0.2, -0.15) is 0 Å². The SMILES string of the molecule is Cc1c(C)c(C)c2c(c1C)c(C)c1n2C(C)CCC1C. The molecule has 2 unspecified atom stereocenters. The van der Waals surface area contributed by atoms with Gasteiger partial charge in [0.1, 0.15) is 0 Å².